The third-order valence-corrected chi connectivity index (χ3v) is 7.26. The number of nitro benzene ring substituents is 1. The largest absolute Gasteiger partial charge is 0.507 e. The molecule has 200 valence electrons. The molecule has 5 rings (SSSR count). The molecule has 1 spiro atoms. The van der Waals surface area contributed by atoms with Crippen LogP contribution < -0.4 is 10.2 Å². The van der Waals surface area contributed by atoms with Crippen LogP contribution in [0.1, 0.15) is 11.1 Å². The number of aliphatic hydroxyl groups is 1. The van der Waals surface area contributed by atoms with Crippen LogP contribution in [0.4, 0.5) is 15.8 Å². The second kappa shape index (κ2) is 10.1. The van der Waals surface area contributed by atoms with Crippen molar-refractivity contribution in [1.82, 2.24) is 5.32 Å². The van der Waals surface area contributed by atoms with Crippen LogP contribution in [0.3, 0.4) is 0 Å². The van der Waals surface area contributed by atoms with E-state index in [0.717, 1.165) is 35.4 Å². The smallest absolute Gasteiger partial charge is 0.301 e. The number of nitrogens with one attached hydrogen (secondary N) is 1. The number of halogens is 1. The summed E-state index contributed by atoms with van der Waals surface area (Å²) in [6, 6.07) is 15.6. The zero-order valence-electron chi connectivity index (χ0n) is 20.0. The average Bonchev–Trinajstić information content (AvgIpc) is 3.37. The number of non-ortho nitro benzene ring substituents is 1. The molecule has 2 aliphatic rings. The van der Waals surface area contributed by atoms with Gasteiger partial charge in [0.2, 0.25) is 4.87 Å². The number of thioether (sulfide) groups is 1. The lowest BCUT2D eigenvalue weighted by atomic mass is 9.99. The van der Waals surface area contributed by atoms with Gasteiger partial charge >= 0.3 is 5.91 Å². The van der Waals surface area contributed by atoms with Crippen molar-refractivity contribution >= 4 is 57.9 Å². The van der Waals surface area contributed by atoms with Gasteiger partial charge in [0.25, 0.3) is 17.4 Å². The molecule has 1 unspecified atom stereocenters. The van der Waals surface area contributed by atoms with Gasteiger partial charge in [0.15, 0.2) is 5.17 Å². The number of carbonyl (C=O) groups is 3. The van der Waals surface area contributed by atoms with Crippen molar-refractivity contribution in [3.63, 3.8) is 0 Å². The fourth-order valence-corrected chi connectivity index (χ4v) is 5.40. The maximum atomic E-state index is 13.9. The van der Waals surface area contributed by atoms with Crippen LogP contribution >= 0.6 is 11.8 Å². The van der Waals surface area contributed by atoms with E-state index in [9.17, 15) is 39.1 Å². The Morgan fingerprint density at radius 3 is 2.40 bits per heavy atom. The first-order valence-electron chi connectivity index (χ1n) is 11.4. The van der Waals surface area contributed by atoms with E-state index >= 15 is 0 Å². The summed E-state index contributed by atoms with van der Waals surface area (Å²) >= 11 is 0.555. The first kappa shape index (κ1) is 26.2. The molecular formula is C26H16FN5O7S. The molecule has 14 heteroatoms. The fourth-order valence-electron chi connectivity index (χ4n) is 4.18. The number of anilines is 1. The maximum absolute atomic E-state index is 13.9. The predicted octanol–water partition coefficient (Wildman–Crippen LogP) is 3.27. The lowest BCUT2D eigenvalue weighted by molar-refractivity contribution is -0.384. The van der Waals surface area contributed by atoms with E-state index in [2.05, 4.69) is 15.5 Å². The molecule has 0 radical (unpaired) electrons. The molecular weight excluding hydrogens is 545 g/mol. The molecule has 2 saturated heterocycles. The average molecular weight is 562 g/mol. The van der Waals surface area contributed by atoms with Crippen LogP contribution in [0.2, 0.25) is 0 Å². The van der Waals surface area contributed by atoms with Crippen LogP contribution in [0.5, 0.6) is 5.75 Å². The van der Waals surface area contributed by atoms with Gasteiger partial charge in [-0.05, 0) is 42.1 Å². The van der Waals surface area contributed by atoms with Gasteiger partial charge in [0.05, 0.1) is 22.4 Å². The highest BCUT2D eigenvalue weighted by molar-refractivity contribution is 8.16. The molecule has 2 fully saturated rings. The summed E-state index contributed by atoms with van der Waals surface area (Å²) in [5.41, 5.74) is -1.13. The number of nitro groups is 1. The van der Waals surface area contributed by atoms with Crippen LogP contribution in [0, 0.1) is 15.9 Å². The van der Waals surface area contributed by atoms with E-state index in [1.807, 2.05) is 0 Å². The van der Waals surface area contributed by atoms with Gasteiger partial charge in [-0.3, -0.25) is 29.4 Å². The molecule has 3 aromatic carbocycles. The van der Waals surface area contributed by atoms with Crippen molar-refractivity contribution in [3.05, 3.63) is 105 Å². The van der Waals surface area contributed by atoms with Crippen molar-refractivity contribution in [2.75, 3.05) is 4.90 Å². The Labute approximate surface area is 228 Å². The Morgan fingerprint density at radius 2 is 1.73 bits per heavy atom. The van der Waals surface area contributed by atoms with Crippen molar-refractivity contribution < 1.29 is 33.9 Å². The molecule has 2 aliphatic heterocycles. The highest BCUT2D eigenvalue weighted by atomic mass is 32.2. The van der Waals surface area contributed by atoms with E-state index in [-0.39, 0.29) is 27.7 Å². The van der Waals surface area contributed by atoms with Gasteiger partial charge in [-0.15, -0.1) is 5.10 Å². The van der Waals surface area contributed by atoms with Crippen LogP contribution in [0.15, 0.2) is 88.6 Å². The number of Topliss-reactive ketones (excluding diaryl/α,β-unsaturated/α-hetero) is 1. The van der Waals surface area contributed by atoms with Crippen molar-refractivity contribution in [3.8, 4) is 5.75 Å². The van der Waals surface area contributed by atoms with Crippen LogP contribution in [-0.4, -0.2) is 49.0 Å². The molecule has 0 aromatic heterocycles. The zero-order chi connectivity index (χ0) is 28.6. The number of para-hydroxylation sites is 2. The quantitative estimate of drug-likeness (QED) is 0.106. The van der Waals surface area contributed by atoms with E-state index in [1.54, 1.807) is 6.07 Å². The number of aromatic hydroxyl groups is 1. The van der Waals surface area contributed by atoms with Crippen molar-refractivity contribution in [2.24, 2.45) is 10.2 Å². The molecule has 1 atom stereocenters. The summed E-state index contributed by atoms with van der Waals surface area (Å²) in [5.74, 6) is -5.24. The summed E-state index contributed by atoms with van der Waals surface area (Å²) in [6.07, 6.45) is 1.09. The number of aliphatic hydroxyl groups excluding tert-OH is 1. The first-order valence-corrected chi connectivity index (χ1v) is 12.2. The highest BCUT2D eigenvalue weighted by Crippen LogP contribution is 2.52. The number of phenolic OH excluding ortho intramolecular Hbond substituents is 1. The first-order chi connectivity index (χ1) is 19.1. The number of amides is 2. The minimum atomic E-state index is -2.29. The number of ketones is 1. The monoisotopic (exact) mass is 561 g/mol. The number of nitrogens with zero attached hydrogens (tertiary/aromatic N) is 4. The maximum Gasteiger partial charge on any atom is 0.301 e. The third-order valence-electron chi connectivity index (χ3n) is 6.01. The number of benzene rings is 3. The van der Waals surface area contributed by atoms with Crippen molar-refractivity contribution in [2.45, 2.75) is 4.87 Å². The number of rotatable bonds is 5. The number of carbonyl (C=O) groups excluding carboxylic acids is 3. The van der Waals surface area contributed by atoms with Gasteiger partial charge in [-0.2, -0.15) is 5.10 Å². The highest BCUT2D eigenvalue weighted by Gasteiger charge is 2.66. The summed E-state index contributed by atoms with van der Waals surface area (Å²) in [4.78, 5) is 49.1. The summed E-state index contributed by atoms with van der Waals surface area (Å²) in [7, 11) is 0. The Balaban J connectivity index is 1.66. The third kappa shape index (κ3) is 4.25. The second-order valence-corrected chi connectivity index (χ2v) is 9.54. The Hall–Kier alpha value is -5.37. The van der Waals surface area contributed by atoms with E-state index < -0.39 is 50.3 Å². The minimum Gasteiger partial charge on any atom is -0.507 e. The molecule has 3 N–H and O–H groups in total. The van der Waals surface area contributed by atoms with E-state index in [0.29, 0.717) is 11.8 Å². The predicted molar refractivity (Wildman–Crippen MR) is 143 cm³/mol. The molecule has 0 aliphatic carbocycles. The molecule has 2 heterocycles. The lowest BCUT2D eigenvalue weighted by Gasteiger charge is -2.31. The standard InChI is InChI=1S/C26H16FN5O7S/c27-17-6-2-1-5-15(17)13-28-30-25-29-24(37)26(40-25)20(21(34)14-9-11-16(12-10-14)32(38)39)22(35)23(36)31(26)18-7-3-4-8-19(18)33/h1-13,33-34H,(H,29,30,37)/b21-20-,28-13?. The minimum absolute atomic E-state index is 0.0865. The molecule has 0 saturated carbocycles. The number of hydrogen-bond acceptors (Lipinski definition) is 10. The molecule has 12 nitrogen and oxygen atoms in total. The van der Waals surface area contributed by atoms with Crippen molar-refractivity contribution in [1.29, 1.82) is 0 Å². The number of hydrogen-bond donors (Lipinski definition) is 3. The second-order valence-electron chi connectivity index (χ2n) is 8.36. The van der Waals surface area contributed by atoms with Gasteiger partial charge in [-0.25, -0.2) is 4.39 Å². The fraction of sp³-hybridized carbons (Fsp3) is 0.0385. The summed E-state index contributed by atoms with van der Waals surface area (Å²) < 4.78 is 13.9. The van der Waals surface area contributed by atoms with Crippen LogP contribution in [-0.2, 0) is 14.4 Å². The Morgan fingerprint density at radius 1 is 1.05 bits per heavy atom. The zero-order valence-corrected chi connectivity index (χ0v) is 20.8. The SMILES string of the molecule is O=C1C(=O)N(c2ccccc2O)C2(SC(=NN=Cc3ccccc3F)NC2=O)/C1=C(\O)c1ccc([N+](=O)[O-])cc1. The van der Waals surface area contributed by atoms with Gasteiger partial charge in [-0.1, -0.05) is 30.3 Å². The van der Waals surface area contributed by atoms with Gasteiger partial charge in [0, 0.05) is 23.3 Å². The van der Waals surface area contributed by atoms with Crippen LogP contribution in [0.25, 0.3) is 5.76 Å². The molecule has 2 amide bonds. The molecule has 3 aromatic rings. The topological polar surface area (TPSA) is 175 Å². The molecule has 40 heavy (non-hydrogen) atoms. The summed E-state index contributed by atoms with van der Waals surface area (Å²) in [5, 5.41) is 42.6. The Bertz CT molecular complexity index is 1690. The van der Waals surface area contributed by atoms with E-state index in [4.69, 9.17) is 0 Å². The lowest BCUT2D eigenvalue weighted by Crippen LogP contribution is -2.50. The van der Waals surface area contributed by atoms with Gasteiger partial charge in [0.1, 0.15) is 17.3 Å². The molecule has 0 bridgehead atoms. The number of amidine groups is 1. The Kier molecular flexibility index (Phi) is 6.61. The normalized spacial score (nSPS) is 21.1. The number of phenols is 1. The summed E-state index contributed by atoms with van der Waals surface area (Å²) in [6.45, 7) is 0. The van der Waals surface area contributed by atoms with E-state index in [1.165, 1.54) is 42.5 Å². The van der Waals surface area contributed by atoms with Gasteiger partial charge < -0.3 is 15.5 Å².